The first kappa shape index (κ1) is 28.2. The Hall–Kier alpha value is -3.97. The van der Waals surface area contributed by atoms with Gasteiger partial charge in [-0.2, -0.15) is 0 Å². The van der Waals surface area contributed by atoms with E-state index in [-0.39, 0.29) is 24.3 Å². The Balaban J connectivity index is 1.41. The maximum Gasteiger partial charge on any atom is 0.254 e. The summed E-state index contributed by atoms with van der Waals surface area (Å²) >= 11 is 6.06. The maximum atomic E-state index is 14.3. The van der Waals surface area contributed by atoms with E-state index in [9.17, 15) is 9.59 Å². The summed E-state index contributed by atoms with van der Waals surface area (Å²) in [6.07, 6.45) is 1.54. The lowest BCUT2D eigenvalue weighted by molar-refractivity contribution is -0.166. The molecule has 42 heavy (non-hydrogen) atoms. The Morgan fingerprint density at radius 3 is 2.55 bits per heavy atom. The van der Waals surface area contributed by atoms with Crippen molar-refractivity contribution in [2.24, 2.45) is 0 Å². The molecule has 218 valence electrons. The van der Waals surface area contributed by atoms with Crippen LogP contribution in [0.2, 0.25) is 5.02 Å². The van der Waals surface area contributed by atoms with Gasteiger partial charge in [0.05, 0.1) is 25.5 Å². The zero-order valence-electron chi connectivity index (χ0n) is 24.3. The van der Waals surface area contributed by atoms with Crippen LogP contribution < -0.4 is 9.47 Å². The van der Waals surface area contributed by atoms with Gasteiger partial charge in [-0.1, -0.05) is 54.9 Å². The molecule has 0 bridgehead atoms. The summed E-state index contributed by atoms with van der Waals surface area (Å²) in [5, 5.41) is 1.73. The van der Waals surface area contributed by atoms with Gasteiger partial charge in [-0.25, -0.2) is 0 Å². The SMILES string of the molecule is CCCOc1ccc(C2CN3C(=O)CN(CCc4ccc(Cl)cc4)C(=O)[C@]3(C)c3[nH]c4ccccc4c32)cc1OCC. The van der Waals surface area contributed by atoms with Crippen molar-refractivity contribution in [1.82, 2.24) is 14.8 Å². The maximum absolute atomic E-state index is 14.3. The van der Waals surface area contributed by atoms with Crippen LogP contribution >= 0.6 is 11.6 Å². The number of hydrogen-bond donors (Lipinski definition) is 1. The van der Waals surface area contributed by atoms with Crippen molar-refractivity contribution in [3.8, 4) is 11.5 Å². The molecule has 8 heteroatoms. The molecule has 1 unspecified atom stereocenters. The molecule has 0 spiro atoms. The highest BCUT2D eigenvalue weighted by Crippen LogP contribution is 2.49. The van der Waals surface area contributed by atoms with Crippen molar-refractivity contribution in [1.29, 1.82) is 0 Å². The normalized spacial score (nSPS) is 20.0. The lowest BCUT2D eigenvalue weighted by Gasteiger charge is -2.51. The van der Waals surface area contributed by atoms with Gasteiger partial charge in [-0.3, -0.25) is 9.59 Å². The van der Waals surface area contributed by atoms with Crippen LogP contribution in [0, 0.1) is 0 Å². The minimum atomic E-state index is -1.15. The van der Waals surface area contributed by atoms with Gasteiger partial charge in [0.2, 0.25) is 5.91 Å². The molecule has 2 atom stereocenters. The molecule has 6 rings (SSSR count). The number of H-pyrrole nitrogens is 1. The third kappa shape index (κ3) is 4.79. The summed E-state index contributed by atoms with van der Waals surface area (Å²) in [7, 11) is 0. The third-order valence-electron chi connectivity index (χ3n) is 8.53. The second-order valence-electron chi connectivity index (χ2n) is 11.2. The number of fused-ring (bicyclic) bond motifs is 5. The number of carbonyl (C=O) groups is 2. The molecule has 0 radical (unpaired) electrons. The Labute approximate surface area is 251 Å². The lowest BCUT2D eigenvalue weighted by Crippen LogP contribution is -2.67. The Bertz CT molecular complexity index is 1630. The monoisotopic (exact) mass is 585 g/mol. The smallest absolute Gasteiger partial charge is 0.254 e. The average Bonchev–Trinajstić information content (AvgIpc) is 3.39. The summed E-state index contributed by atoms with van der Waals surface area (Å²) < 4.78 is 11.9. The minimum Gasteiger partial charge on any atom is -0.490 e. The van der Waals surface area contributed by atoms with Gasteiger partial charge in [0, 0.05) is 34.9 Å². The number of aromatic amines is 1. The van der Waals surface area contributed by atoms with E-state index in [2.05, 4.69) is 24.0 Å². The number of benzene rings is 3. The van der Waals surface area contributed by atoms with Gasteiger partial charge >= 0.3 is 0 Å². The fourth-order valence-corrected chi connectivity index (χ4v) is 6.54. The number of amides is 2. The summed E-state index contributed by atoms with van der Waals surface area (Å²) in [6, 6.07) is 21.8. The summed E-state index contributed by atoms with van der Waals surface area (Å²) in [5.74, 6) is 1.12. The zero-order chi connectivity index (χ0) is 29.4. The second-order valence-corrected chi connectivity index (χ2v) is 11.6. The molecule has 1 fully saturated rings. The van der Waals surface area contributed by atoms with Crippen molar-refractivity contribution in [2.45, 2.75) is 45.1 Å². The standard InChI is InChI=1S/C34H36ClN3O4/c1-4-18-42-28-15-12-23(19-29(28)41-5-2)26-20-38-30(39)21-37(17-16-22-10-13-24(35)14-11-22)33(40)34(38,3)32-31(26)25-8-6-7-9-27(25)36-32/h6-15,19,26,36H,4-5,16-18,20-21H2,1-3H3/t26?,34-/m0/s1. The van der Waals surface area contributed by atoms with Crippen molar-refractivity contribution in [3.05, 3.63) is 94.1 Å². The first-order chi connectivity index (χ1) is 20.3. The van der Waals surface area contributed by atoms with Crippen LogP contribution in [-0.4, -0.2) is 59.4 Å². The van der Waals surface area contributed by atoms with E-state index in [1.807, 2.05) is 68.4 Å². The van der Waals surface area contributed by atoms with Gasteiger partial charge in [0.25, 0.3) is 5.91 Å². The predicted molar refractivity (Wildman–Crippen MR) is 164 cm³/mol. The molecule has 3 aromatic carbocycles. The van der Waals surface area contributed by atoms with Crippen molar-refractivity contribution >= 4 is 34.3 Å². The van der Waals surface area contributed by atoms with E-state index >= 15 is 0 Å². The van der Waals surface area contributed by atoms with Crippen LogP contribution in [0.25, 0.3) is 10.9 Å². The molecule has 7 nitrogen and oxygen atoms in total. The van der Waals surface area contributed by atoms with Crippen LogP contribution in [0.15, 0.2) is 66.7 Å². The molecule has 2 amide bonds. The second kappa shape index (κ2) is 11.4. The predicted octanol–water partition coefficient (Wildman–Crippen LogP) is 6.28. The van der Waals surface area contributed by atoms with Crippen LogP contribution in [0.4, 0.5) is 0 Å². The van der Waals surface area contributed by atoms with Gasteiger partial charge in [-0.15, -0.1) is 0 Å². The fourth-order valence-electron chi connectivity index (χ4n) is 6.41. The molecule has 2 aliphatic rings. The number of carbonyl (C=O) groups excluding carboxylic acids is 2. The molecular weight excluding hydrogens is 550 g/mol. The summed E-state index contributed by atoms with van der Waals surface area (Å²) in [4.78, 5) is 35.2. The van der Waals surface area contributed by atoms with E-state index in [1.54, 1.807) is 9.80 Å². The molecular formula is C34H36ClN3O4. The Kier molecular flexibility index (Phi) is 7.62. The molecule has 0 aliphatic carbocycles. The number of rotatable bonds is 9. The third-order valence-corrected chi connectivity index (χ3v) is 8.78. The number of halogens is 1. The van der Waals surface area contributed by atoms with Crippen LogP contribution in [0.5, 0.6) is 11.5 Å². The highest BCUT2D eigenvalue weighted by Gasteiger charge is 2.56. The van der Waals surface area contributed by atoms with Gasteiger partial charge < -0.3 is 24.3 Å². The largest absolute Gasteiger partial charge is 0.490 e. The Morgan fingerprint density at radius 1 is 1.00 bits per heavy atom. The van der Waals surface area contributed by atoms with Crippen molar-refractivity contribution < 1.29 is 19.1 Å². The fraction of sp³-hybridized carbons (Fsp3) is 0.353. The van der Waals surface area contributed by atoms with Crippen molar-refractivity contribution in [3.63, 3.8) is 0 Å². The topological polar surface area (TPSA) is 74.9 Å². The average molecular weight is 586 g/mol. The summed E-state index contributed by atoms with van der Waals surface area (Å²) in [6.45, 7) is 7.93. The van der Waals surface area contributed by atoms with E-state index < -0.39 is 5.54 Å². The van der Waals surface area contributed by atoms with Crippen LogP contribution in [0.1, 0.15) is 55.5 Å². The molecule has 1 aromatic heterocycles. The number of nitrogens with one attached hydrogen (secondary N) is 1. The van der Waals surface area contributed by atoms with E-state index in [0.29, 0.717) is 49.2 Å². The van der Waals surface area contributed by atoms with Gasteiger partial charge in [0.15, 0.2) is 17.0 Å². The highest BCUT2D eigenvalue weighted by atomic mass is 35.5. The molecule has 3 heterocycles. The number of nitrogens with zero attached hydrogens (tertiary/aromatic N) is 2. The van der Waals surface area contributed by atoms with Gasteiger partial charge in [-0.05, 0) is 73.7 Å². The number of piperazine rings is 1. The Morgan fingerprint density at radius 2 is 1.79 bits per heavy atom. The molecule has 4 aromatic rings. The number of para-hydroxylation sites is 1. The van der Waals surface area contributed by atoms with Gasteiger partial charge in [0.1, 0.15) is 0 Å². The number of ether oxygens (including phenoxy) is 2. The van der Waals surface area contributed by atoms with E-state index in [0.717, 1.165) is 39.7 Å². The lowest BCUT2D eigenvalue weighted by atomic mass is 9.76. The van der Waals surface area contributed by atoms with Crippen LogP contribution in [0.3, 0.4) is 0 Å². The van der Waals surface area contributed by atoms with Crippen molar-refractivity contribution in [2.75, 3.05) is 32.8 Å². The quantitative estimate of drug-likeness (QED) is 0.251. The van der Waals surface area contributed by atoms with E-state index in [4.69, 9.17) is 21.1 Å². The minimum absolute atomic E-state index is 0.0539. The summed E-state index contributed by atoms with van der Waals surface area (Å²) in [5.41, 5.74) is 3.71. The highest BCUT2D eigenvalue weighted by molar-refractivity contribution is 6.30. The number of aromatic nitrogens is 1. The number of hydrogen-bond acceptors (Lipinski definition) is 4. The zero-order valence-corrected chi connectivity index (χ0v) is 25.0. The molecule has 2 aliphatic heterocycles. The molecule has 0 saturated carbocycles. The molecule has 1 N–H and O–H groups in total. The first-order valence-electron chi connectivity index (χ1n) is 14.7. The molecule has 1 saturated heterocycles. The van der Waals surface area contributed by atoms with Crippen LogP contribution in [-0.2, 0) is 21.5 Å². The van der Waals surface area contributed by atoms with E-state index in [1.165, 1.54) is 0 Å². The first-order valence-corrected chi connectivity index (χ1v) is 15.1.